The van der Waals surface area contributed by atoms with Crippen molar-refractivity contribution in [2.24, 2.45) is 17.6 Å². The monoisotopic (exact) mass is 709 g/mol. The summed E-state index contributed by atoms with van der Waals surface area (Å²) in [5.74, 6) is -2.17. The first-order valence-corrected chi connectivity index (χ1v) is 17.5. The molecule has 0 bridgehead atoms. The van der Waals surface area contributed by atoms with Crippen LogP contribution in [0.3, 0.4) is 0 Å². The lowest BCUT2D eigenvalue weighted by Gasteiger charge is -2.20. The molecular formula is C33H60NO13P. The molecule has 15 heteroatoms. The molecule has 280 valence electrons. The third-order valence-corrected chi connectivity index (χ3v) is 6.23. The second-order valence-electron chi connectivity index (χ2n) is 12.5. The van der Waals surface area contributed by atoms with E-state index in [2.05, 4.69) is 14.2 Å². The van der Waals surface area contributed by atoms with E-state index in [0.29, 0.717) is 6.61 Å². The van der Waals surface area contributed by atoms with Gasteiger partial charge in [-0.1, -0.05) is 26.0 Å². The fourth-order valence-corrected chi connectivity index (χ4v) is 3.87. The predicted octanol–water partition coefficient (Wildman–Crippen LogP) is 4.80. The van der Waals surface area contributed by atoms with Crippen LogP contribution < -0.4 is 5.73 Å². The fraction of sp³-hybridized carbons (Fsp3) is 0.697. The molecule has 48 heavy (non-hydrogen) atoms. The summed E-state index contributed by atoms with van der Waals surface area (Å²) < 4.78 is 39.4. The van der Waals surface area contributed by atoms with Gasteiger partial charge in [-0.25, -0.2) is 9.59 Å². The van der Waals surface area contributed by atoms with Gasteiger partial charge in [0.15, 0.2) is 0 Å². The van der Waals surface area contributed by atoms with Crippen molar-refractivity contribution >= 4 is 43.5 Å². The summed E-state index contributed by atoms with van der Waals surface area (Å²) >= 11 is 0. The van der Waals surface area contributed by atoms with Crippen molar-refractivity contribution in [3.63, 3.8) is 0 Å². The van der Waals surface area contributed by atoms with Gasteiger partial charge in [0.25, 0.3) is 0 Å². The van der Waals surface area contributed by atoms with Gasteiger partial charge >= 0.3 is 29.8 Å². The number of ether oxygens (including phenoxy) is 5. The van der Waals surface area contributed by atoms with E-state index in [1.54, 1.807) is 53.7 Å². The smallest absolute Gasteiger partial charge is 0.330 e. The first kappa shape index (κ1) is 51.5. The molecule has 0 aliphatic carbocycles. The van der Waals surface area contributed by atoms with Crippen LogP contribution in [0.5, 0.6) is 0 Å². The van der Waals surface area contributed by atoms with E-state index in [-0.39, 0.29) is 54.8 Å². The van der Waals surface area contributed by atoms with Crippen LogP contribution in [-0.4, -0.2) is 94.1 Å². The average Bonchev–Trinajstić information content (AvgIpc) is 2.92. The zero-order valence-electron chi connectivity index (χ0n) is 31.3. The zero-order chi connectivity index (χ0) is 38.7. The molecule has 4 atom stereocenters. The molecule has 1 unspecified atom stereocenters. The number of allylic oxidation sites excluding steroid dienone is 1. The molecule has 0 saturated heterocycles. The molecule has 0 aromatic heterocycles. The van der Waals surface area contributed by atoms with Crippen LogP contribution in [0.4, 0.5) is 0 Å². The second-order valence-corrected chi connectivity index (χ2v) is 15.1. The number of esters is 5. The van der Waals surface area contributed by atoms with E-state index >= 15 is 0 Å². The van der Waals surface area contributed by atoms with Gasteiger partial charge in [0.1, 0.15) is 23.7 Å². The Labute approximate surface area is 286 Å². The molecule has 0 radical (unpaired) electrons. The van der Waals surface area contributed by atoms with Crippen molar-refractivity contribution in [3.05, 3.63) is 24.3 Å². The molecule has 0 rings (SSSR count). The van der Waals surface area contributed by atoms with Crippen LogP contribution in [-0.2, 0) is 61.5 Å². The highest BCUT2D eigenvalue weighted by atomic mass is 31.2. The summed E-state index contributed by atoms with van der Waals surface area (Å²) in [6.45, 7) is 19.7. The third kappa shape index (κ3) is 42.6. The maximum Gasteiger partial charge on any atom is 0.330 e. The quantitative estimate of drug-likeness (QED) is 0.0898. The number of nitrogens with two attached hydrogens (primary N) is 1. The minimum Gasteiger partial charge on any atom is -0.469 e. The van der Waals surface area contributed by atoms with Crippen molar-refractivity contribution in [1.29, 1.82) is 0 Å². The van der Waals surface area contributed by atoms with Crippen molar-refractivity contribution in [2.75, 3.05) is 40.8 Å². The second kappa shape index (κ2) is 27.6. The Hall–Kier alpha value is -3.35. The Morgan fingerprint density at radius 1 is 0.708 bits per heavy atom. The Kier molecular flexibility index (Phi) is 29.6. The van der Waals surface area contributed by atoms with Gasteiger partial charge in [-0.05, 0) is 61.3 Å². The maximum absolute atomic E-state index is 11.4. The van der Waals surface area contributed by atoms with Crippen LogP contribution in [0.2, 0.25) is 0 Å². The Bertz CT molecular complexity index is 1070. The number of aldehydes is 1. The van der Waals surface area contributed by atoms with Gasteiger partial charge in [-0.15, -0.1) is 0 Å². The van der Waals surface area contributed by atoms with Crippen molar-refractivity contribution < 1.29 is 61.5 Å². The van der Waals surface area contributed by atoms with E-state index in [1.165, 1.54) is 40.1 Å². The first-order chi connectivity index (χ1) is 21.8. The van der Waals surface area contributed by atoms with Crippen LogP contribution in [0.25, 0.3) is 0 Å². The summed E-state index contributed by atoms with van der Waals surface area (Å²) in [5.41, 5.74) is 4.37. The minimum absolute atomic E-state index is 0.0473. The number of rotatable bonds is 13. The molecular weight excluding hydrogens is 649 g/mol. The summed E-state index contributed by atoms with van der Waals surface area (Å²) in [7, 11) is 1.16. The predicted molar refractivity (Wildman–Crippen MR) is 183 cm³/mol. The highest BCUT2D eigenvalue weighted by Crippen LogP contribution is 2.41. The van der Waals surface area contributed by atoms with Gasteiger partial charge in [0.2, 0.25) is 7.37 Å². The Morgan fingerprint density at radius 2 is 1.10 bits per heavy atom. The SMILES string of the molecule is CCOP(C)(=O)CC(=O)OC.COC(=O)/C=C/[C@H](C)CC(=O)OC(C)(C)C.COC(=O)/C=C/[C@H](C)N.C[C@@H](C=O)CC(=O)OC(C)(C)C. The standard InChI is InChI=1S/C12H20O4.C9H16O3.C6H11NO2.C6H13O4P/c1-9(6-7-10(13)15-5)8-11(14)16-12(2,3)4;1-7(6-10)5-8(11)12-9(2,3)4;1-5(7)3-4-6(8)9-2;1-4-10-11(3,8)5-6(7)9-2/h6-7,9H,8H2,1-5H3;6-7H,5H2,1-4H3;3-5H,7H2,1-2H3;4-5H2,1-3H3/b7-6+;;4-3+;/t9-;7-;5-;/m010./s1. The lowest BCUT2D eigenvalue weighted by molar-refractivity contribution is -0.157. The molecule has 0 fully saturated rings. The zero-order valence-corrected chi connectivity index (χ0v) is 32.2. The van der Waals surface area contributed by atoms with Crippen molar-refractivity contribution in [1.82, 2.24) is 0 Å². The number of methoxy groups -OCH3 is 3. The van der Waals surface area contributed by atoms with Crippen LogP contribution in [0.15, 0.2) is 24.3 Å². The van der Waals surface area contributed by atoms with Crippen LogP contribution in [0, 0.1) is 11.8 Å². The summed E-state index contributed by atoms with van der Waals surface area (Å²) in [5, 5.41) is 0. The largest absolute Gasteiger partial charge is 0.469 e. The van der Waals surface area contributed by atoms with E-state index in [0.717, 1.165) is 6.29 Å². The van der Waals surface area contributed by atoms with Crippen molar-refractivity contribution in [3.8, 4) is 0 Å². The topological polar surface area (TPSA) is 201 Å². The minimum atomic E-state index is -2.74. The lowest BCUT2D eigenvalue weighted by Crippen LogP contribution is -2.25. The Morgan fingerprint density at radius 3 is 1.42 bits per heavy atom. The van der Waals surface area contributed by atoms with E-state index in [4.69, 9.17) is 19.7 Å². The Balaban J connectivity index is -0.000000275. The molecule has 2 N–H and O–H groups in total. The molecule has 0 aromatic rings. The molecule has 0 aliphatic rings. The van der Waals surface area contributed by atoms with Crippen LogP contribution >= 0.6 is 7.37 Å². The number of carbonyl (C=O) groups is 6. The van der Waals surface area contributed by atoms with E-state index in [1.807, 2.05) is 27.7 Å². The fourth-order valence-electron chi connectivity index (χ4n) is 2.64. The average molecular weight is 710 g/mol. The highest BCUT2D eigenvalue weighted by Gasteiger charge is 2.20. The summed E-state index contributed by atoms with van der Waals surface area (Å²) in [6, 6.07) is -0.0934. The third-order valence-electron chi connectivity index (χ3n) is 4.59. The number of hydrogen-bond donors (Lipinski definition) is 1. The molecule has 0 aromatic carbocycles. The van der Waals surface area contributed by atoms with Crippen molar-refractivity contribution in [2.45, 2.75) is 99.3 Å². The molecule has 0 amide bonds. The van der Waals surface area contributed by atoms with E-state index < -0.39 is 30.5 Å². The molecule has 0 heterocycles. The van der Waals surface area contributed by atoms with Gasteiger partial charge in [-0.3, -0.25) is 18.9 Å². The van der Waals surface area contributed by atoms with Gasteiger partial charge in [0, 0.05) is 30.8 Å². The van der Waals surface area contributed by atoms with Gasteiger partial charge in [-0.2, -0.15) is 0 Å². The molecule has 0 saturated carbocycles. The van der Waals surface area contributed by atoms with Gasteiger partial charge in [0.05, 0.1) is 40.8 Å². The highest BCUT2D eigenvalue weighted by molar-refractivity contribution is 7.59. The normalized spacial score (nSPS) is 14.1. The maximum atomic E-state index is 11.4. The number of carbonyl (C=O) groups excluding carboxylic acids is 6. The van der Waals surface area contributed by atoms with Gasteiger partial charge < -0.3 is 38.7 Å². The molecule has 0 spiro atoms. The molecule has 14 nitrogen and oxygen atoms in total. The summed E-state index contributed by atoms with van der Waals surface area (Å²) in [6.07, 6.45) is 6.87. The van der Waals surface area contributed by atoms with E-state index in [9.17, 15) is 33.3 Å². The molecule has 0 aliphatic heterocycles. The summed E-state index contributed by atoms with van der Waals surface area (Å²) in [4.78, 5) is 64.4. The lowest BCUT2D eigenvalue weighted by atomic mass is 10.1. The number of hydrogen-bond acceptors (Lipinski definition) is 14. The first-order valence-electron chi connectivity index (χ1n) is 15.2. The van der Waals surface area contributed by atoms with Crippen LogP contribution in [0.1, 0.15) is 82.1 Å².